The smallest absolute Gasteiger partial charge is 0.344 e. The molecule has 1 aromatic heterocycles. The molecular formula is C23H22N2O4. The first-order valence-electron chi connectivity index (χ1n) is 9.20. The highest BCUT2D eigenvalue weighted by molar-refractivity contribution is 6.07. The van der Waals surface area contributed by atoms with E-state index in [9.17, 15) is 9.59 Å². The molecule has 0 aliphatic carbocycles. The zero-order valence-corrected chi connectivity index (χ0v) is 16.5. The first-order valence-corrected chi connectivity index (χ1v) is 9.20. The second-order valence-corrected chi connectivity index (χ2v) is 6.65. The average Bonchev–Trinajstić information content (AvgIpc) is 3.01. The van der Waals surface area contributed by atoms with E-state index in [1.807, 2.05) is 48.9 Å². The lowest BCUT2D eigenvalue weighted by Crippen LogP contribution is -2.22. The van der Waals surface area contributed by atoms with Gasteiger partial charge in [-0.1, -0.05) is 18.2 Å². The zero-order chi connectivity index (χ0) is 21.0. The summed E-state index contributed by atoms with van der Waals surface area (Å²) in [6, 6.07) is 16.2. The van der Waals surface area contributed by atoms with Gasteiger partial charge in [0, 0.05) is 16.8 Å². The molecule has 29 heavy (non-hydrogen) atoms. The number of aliphatic carboxylic acids is 1. The fourth-order valence-corrected chi connectivity index (χ4v) is 2.92. The Bertz CT molecular complexity index is 1050. The number of carboxylic acids is 1. The van der Waals surface area contributed by atoms with Gasteiger partial charge in [-0.2, -0.15) is 5.10 Å². The molecule has 1 atom stereocenters. The standard InChI is InChI=1S/C23H22N2O4/c1-15-21(16(2)25(24-15)19-7-5-4-6-8-19)13-14-22(26)18-9-11-20(12-10-18)29-17(3)23(27)28/h4-14,17H,1-3H3,(H,27,28). The Morgan fingerprint density at radius 3 is 2.34 bits per heavy atom. The number of carbonyl (C=O) groups is 2. The number of para-hydroxylation sites is 1. The summed E-state index contributed by atoms with van der Waals surface area (Å²) in [7, 11) is 0. The van der Waals surface area contributed by atoms with Crippen molar-refractivity contribution in [3.63, 3.8) is 0 Å². The van der Waals surface area contributed by atoms with Crippen LogP contribution in [-0.4, -0.2) is 32.7 Å². The monoisotopic (exact) mass is 390 g/mol. The molecule has 3 aromatic rings. The third kappa shape index (κ3) is 4.60. The largest absolute Gasteiger partial charge is 0.479 e. The van der Waals surface area contributed by atoms with Gasteiger partial charge in [0.25, 0.3) is 0 Å². The van der Waals surface area contributed by atoms with Crippen LogP contribution >= 0.6 is 0 Å². The van der Waals surface area contributed by atoms with E-state index in [0.717, 1.165) is 22.6 Å². The minimum atomic E-state index is -1.05. The van der Waals surface area contributed by atoms with Crippen molar-refractivity contribution in [2.45, 2.75) is 26.9 Å². The molecule has 3 rings (SSSR count). The van der Waals surface area contributed by atoms with Gasteiger partial charge in [0.15, 0.2) is 11.9 Å². The molecule has 0 saturated carbocycles. The maximum atomic E-state index is 12.5. The predicted molar refractivity (Wildman–Crippen MR) is 111 cm³/mol. The average molecular weight is 390 g/mol. The van der Waals surface area contributed by atoms with Crippen molar-refractivity contribution < 1.29 is 19.4 Å². The van der Waals surface area contributed by atoms with Gasteiger partial charge < -0.3 is 9.84 Å². The Labute approximate surface area is 169 Å². The quantitative estimate of drug-likeness (QED) is 0.482. The maximum absolute atomic E-state index is 12.5. The molecule has 0 radical (unpaired) electrons. The summed E-state index contributed by atoms with van der Waals surface area (Å²) in [5.74, 6) is -0.805. The van der Waals surface area contributed by atoms with Gasteiger partial charge in [-0.15, -0.1) is 0 Å². The number of carbonyl (C=O) groups excluding carboxylic acids is 1. The molecule has 2 aromatic carbocycles. The molecule has 0 bridgehead atoms. The number of allylic oxidation sites excluding steroid dienone is 1. The van der Waals surface area contributed by atoms with E-state index >= 15 is 0 Å². The van der Waals surface area contributed by atoms with Crippen LogP contribution in [0.25, 0.3) is 11.8 Å². The van der Waals surface area contributed by atoms with Crippen LogP contribution in [0.3, 0.4) is 0 Å². The van der Waals surface area contributed by atoms with Crippen LogP contribution in [-0.2, 0) is 4.79 Å². The predicted octanol–water partition coefficient (Wildman–Crippen LogP) is 4.24. The third-order valence-electron chi connectivity index (χ3n) is 4.55. The number of benzene rings is 2. The minimum absolute atomic E-state index is 0.158. The number of nitrogens with zero attached hydrogens (tertiary/aromatic N) is 2. The van der Waals surface area contributed by atoms with Crippen molar-refractivity contribution in [3.8, 4) is 11.4 Å². The highest BCUT2D eigenvalue weighted by Crippen LogP contribution is 2.20. The Hall–Kier alpha value is -3.67. The summed E-state index contributed by atoms with van der Waals surface area (Å²) in [6.07, 6.45) is 2.34. The molecule has 0 saturated heterocycles. The molecule has 0 amide bonds. The molecule has 1 N–H and O–H groups in total. The van der Waals surface area contributed by atoms with E-state index in [1.165, 1.54) is 13.0 Å². The zero-order valence-electron chi connectivity index (χ0n) is 16.5. The number of ketones is 1. The van der Waals surface area contributed by atoms with E-state index in [-0.39, 0.29) is 5.78 Å². The molecular weight excluding hydrogens is 368 g/mol. The lowest BCUT2D eigenvalue weighted by Gasteiger charge is -2.10. The lowest BCUT2D eigenvalue weighted by atomic mass is 10.1. The number of ether oxygens (including phenoxy) is 1. The van der Waals surface area contributed by atoms with Gasteiger partial charge in [-0.05, 0) is 69.3 Å². The van der Waals surface area contributed by atoms with Gasteiger partial charge in [0.2, 0.25) is 0 Å². The Morgan fingerprint density at radius 1 is 1.07 bits per heavy atom. The maximum Gasteiger partial charge on any atom is 0.344 e. The highest BCUT2D eigenvalue weighted by Gasteiger charge is 2.13. The first kappa shape index (κ1) is 20.1. The fraction of sp³-hybridized carbons (Fsp3) is 0.174. The third-order valence-corrected chi connectivity index (χ3v) is 4.55. The second-order valence-electron chi connectivity index (χ2n) is 6.65. The molecule has 0 fully saturated rings. The van der Waals surface area contributed by atoms with Crippen LogP contribution < -0.4 is 4.74 Å². The summed E-state index contributed by atoms with van der Waals surface area (Å²) in [6.45, 7) is 5.32. The first-order chi connectivity index (χ1) is 13.9. The number of hydrogen-bond donors (Lipinski definition) is 1. The molecule has 0 aliphatic heterocycles. The van der Waals surface area contributed by atoms with E-state index in [4.69, 9.17) is 9.84 Å². The number of rotatable bonds is 7. The lowest BCUT2D eigenvalue weighted by molar-refractivity contribution is -0.144. The van der Waals surface area contributed by atoms with Crippen molar-refractivity contribution in [3.05, 3.63) is 83.2 Å². The molecule has 148 valence electrons. The number of aryl methyl sites for hydroxylation is 1. The topological polar surface area (TPSA) is 81.4 Å². The van der Waals surface area contributed by atoms with E-state index in [1.54, 1.807) is 30.3 Å². The van der Waals surface area contributed by atoms with Crippen molar-refractivity contribution in [1.29, 1.82) is 0 Å². The molecule has 0 spiro atoms. The summed E-state index contributed by atoms with van der Waals surface area (Å²) < 4.78 is 7.13. The SMILES string of the molecule is Cc1nn(-c2ccccc2)c(C)c1C=CC(=O)c1ccc(OC(C)C(=O)O)cc1. The Balaban J connectivity index is 1.76. The van der Waals surface area contributed by atoms with Gasteiger partial charge in [0.1, 0.15) is 5.75 Å². The highest BCUT2D eigenvalue weighted by atomic mass is 16.5. The molecule has 6 heteroatoms. The Morgan fingerprint density at radius 2 is 1.72 bits per heavy atom. The van der Waals surface area contributed by atoms with Crippen LogP contribution in [0.4, 0.5) is 0 Å². The molecule has 1 heterocycles. The van der Waals surface area contributed by atoms with Gasteiger partial charge >= 0.3 is 5.97 Å². The summed E-state index contributed by atoms with van der Waals surface area (Å²) in [5.41, 5.74) is 4.14. The minimum Gasteiger partial charge on any atom is -0.479 e. The summed E-state index contributed by atoms with van der Waals surface area (Å²) in [5, 5.41) is 13.5. The second kappa shape index (κ2) is 8.56. The van der Waals surface area contributed by atoms with Crippen molar-refractivity contribution in [2.75, 3.05) is 0 Å². The van der Waals surface area contributed by atoms with Crippen LogP contribution in [0.15, 0.2) is 60.7 Å². The van der Waals surface area contributed by atoms with E-state index < -0.39 is 12.1 Å². The van der Waals surface area contributed by atoms with Gasteiger partial charge in [0.05, 0.1) is 11.4 Å². The van der Waals surface area contributed by atoms with Crippen LogP contribution in [0.1, 0.15) is 34.2 Å². The van der Waals surface area contributed by atoms with E-state index in [0.29, 0.717) is 11.3 Å². The van der Waals surface area contributed by atoms with Gasteiger partial charge in [-0.25, -0.2) is 9.48 Å². The fourth-order valence-electron chi connectivity index (χ4n) is 2.92. The van der Waals surface area contributed by atoms with Crippen molar-refractivity contribution in [1.82, 2.24) is 9.78 Å². The normalized spacial score (nSPS) is 12.1. The van der Waals surface area contributed by atoms with Crippen LogP contribution in [0.5, 0.6) is 5.75 Å². The number of hydrogen-bond acceptors (Lipinski definition) is 4. The van der Waals surface area contributed by atoms with Crippen LogP contribution in [0, 0.1) is 13.8 Å². The van der Waals surface area contributed by atoms with Gasteiger partial charge in [-0.3, -0.25) is 4.79 Å². The number of carboxylic acid groups (broad SMARTS) is 1. The molecule has 6 nitrogen and oxygen atoms in total. The molecule has 1 unspecified atom stereocenters. The molecule has 0 aliphatic rings. The van der Waals surface area contributed by atoms with Crippen molar-refractivity contribution in [2.24, 2.45) is 0 Å². The van der Waals surface area contributed by atoms with E-state index in [2.05, 4.69) is 5.10 Å². The summed E-state index contributed by atoms with van der Waals surface area (Å²) >= 11 is 0. The van der Waals surface area contributed by atoms with Crippen molar-refractivity contribution >= 4 is 17.8 Å². The summed E-state index contributed by atoms with van der Waals surface area (Å²) in [4.78, 5) is 23.4. The van der Waals surface area contributed by atoms with Crippen LogP contribution in [0.2, 0.25) is 0 Å². The number of aromatic nitrogens is 2. The Kier molecular flexibility index (Phi) is 5.93.